The molecule has 1 fully saturated rings. The summed E-state index contributed by atoms with van der Waals surface area (Å²) in [4.78, 5) is 36.7. The Bertz CT molecular complexity index is 946. The van der Waals surface area contributed by atoms with Crippen LogP contribution in [0.25, 0.3) is 6.08 Å². The average Bonchev–Trinajstić information content (AvgIpc) is 2.88. The first-order valence-corrected chi connectivity index (χ1v) is 8.88. The lowest BCUT2D eigenvalue weighted by Crippen LogP contribution is -2.27. The SMILES string of the molecule is COc1c(Br)cc(/C=C2\SC(=O)N(c3ccccc3)C2=O)cc1[N+](=O)[O-]. The van der Waals surface area contributed by atoms with Gasteiger partial charge in [-0.15, -0.1) is 0 Å². The number of para-hydroxylation sites is 1. The number of nitro benzene ring substituents is 1. The molecule has 2 amide bonds. The molecule has 2 aromatic carbocycles. The number of methoxy groups -OCH3 is 1. The van der Waals surface area contributed by atoms with E-state index in [0.29, 0.717) is 15.7 Å². The van der Waals surface area contributed by atoms with Crippen LogP contribution in [0.4, 0.5) is 16.2 Å². The third kappa shape index (κ3) is 3.35. The fraction of sp³-hybridized carbons (Fsp3) is 0.0588. The van der Waals surface area contributed by atoms with Gasteiger partial charge < -0.3 is 4.74 Å². The first-order valence-electron chi connectivity index (χ1n) is 7.27. The van der Waals surface area contributed by atoms with Gasteiger partial charge in [-0.25, -0.2) is 4.90 Å². The lowest BCUT2D eigenvalue weighted by molar-refractivity contribution is -0.385. The summed E-state index contributed by atoms with van der Waals surface area (Å²) in [6.45, 7) is 0. The minimum atomic E-state index is -0.573. The molecule has 1 heterocycles. The van der Waals surface area contributed by atoms with E-state index >= 15 is 0 Å². The van der Waals surface area contributed by atoms with Crippen molar-refractivity contribution in [3.05, 3.63) is 67.5 Å². The molecule has 0 aromatic heterocycles. The summed E-state index contributed by atoms with van der Waals surface area (Å²) >= 11 is 4.01. The zero-order chi connectivity index (χ0) is 18.8. The smallest absolute Gasteiger partial charge is 0.312 e. The zero-order valence-electron chi connectivity index (χ0n) is 13.3. The van der Waals surface area contributed by atoms with E-state index in [0.717, 1.165) is 16.7 Å². The molecule has 132 valence electrons. The predicted molar refractivity (Wildman–Crippen MR) is 102 cm³/mol. The second kappa shape index (κ2) is 7.30. The molecule has 7 nitrogen and oxygen atoms in total. The summed E-state index contributed by atoms with van der Waals surface area (Å²) in [6.07, 6.45) is 1.45. The van der Waals surface area contributed by atoms with E-state index in [1.165, 1.54) is 19.3 Å². The van der Waals surface area contributed by atoms with Crippen LogP contribution in [0.1, 0.15) is 5.56 Å². The maximum Gasteiger partial charge on any atom is 0.312 e. The lowest BCUT2D eigenvalue weighted by atomic mass is 10.1. The normalized spacial score (nSPS) is 15.6. The molecular formula is C17H11BrN2O5S. The number of nitro groups is 1. The number of nitrogens with zero attached hydrogens (tertiary/aromatic N) is 2. The minimum absolute atomic E-state index is 0.0875. The van der Waals surface area contributed by atoms with Gasteiger partial charge in [-0.05, 0) is 57.5 Å². The van der Waals surface area contributed by atoms with Crippen molar-refractivity contribution < 1.29 is 19.2 Å². The molecule has 0 spiro atoms. The van der Waals surface area contributed by atoms with E-state index < -0.39 is 16.1 Å². The Kier molecular flexibility index (Phi) is 5.10. The van der Waals surface area contributed by atoms with E-state index in [1.54, 1.807) is 36.4 Å². The summed E-state index contributed by atoms with van der Waals surface area (Å²) in [7, 11) is 1.33. The van der Waals surface area contributed by atoms with Gasteiger partial charge in [0.2, 0.25) is 5.75 Å². The first kappa shape index (κ1) is 18.2. The molecule has 2 aromatic rings. The van der Waals surface area contributed by atoms with Gasteiger partial charge in [-0.2, -0.15) is 0 Å². The van der Waals surface area contributed by atoms with Gasteiger partial charge in [-0.3, -0.25) is 19.7 Å². The summed E-state index contributed by atoms with van der Waals surface area (Å²) < 4.78 is 5.41. The van der Waals surface area contributed by atoms with Crippen LogP contribution in [0, 0.1) is 10.1 Å². The zero-order valence-corrected chi connectivity index (χ0v) is 15.7. The number of imide groups is 1. The number of hydrogen-bond acceptors (Lipinski definition) is 6. The highest BCUT2D eigenvalue weighted by atomic mass is 79.9. The topological polar surface area (TPSA) is 89.8 Å². The molecule has 0 saturated carbocycles. The highest BCUT2D eigenvalue weighted by molar-refractivity contribution is 9.10. The Morgan fingerprint density at radius 3 is 2.54 bits per heavy atom. The van der Waals surface area contributed by atoms with E-state index in [4.69, 9.17) is 4.74 Å². The van der Waals surface area contributed by atoms with Crippen LogP contribution in [0.5, 0.6) is 5.75 Å². The van der Waals surface area contributed by atoms with Crippen LogP contribution in [-0.4, -0.2) is 23.2 Å². The molecule has 1 aliphatic rings. The summed E-state index contributed by atoms with van der Waals surface area (Å²) in [5.74, 6) is -0.384. The van der Waals surface area contributed by atoms with Crippen molar-refractivity contribution in [2.24, 2.45) is 0 Å². The number of halogens is 1. The molecule has 0 aliphatic carbocycles. The first-order chi connectivity index (χ1) is 12.4. The number of benzene rings is 2. The molecule has 0 atom stereocenters. The molecule has 0 bridgehead atoms. The van der Waals surface area contributed by atoms with E-state index in [-0.39, 0.29) is 16.3 Å². The largest absolute Gasteiger partial charge is 0.489 e. The molecule has 26 heavy (non-hydrogen) atoms. The summed E-state index contributed by atoms with van der Waals surface area (Å²) in [5, 5.41) is 10.8. The van der Waals surface area contributed by atoms with Crippen LogP contribution < -0.4 is 9.64 Å². The van der Waals surface area contributed by atoms with Crippen LogP contribution in [0.15, 0.2) is 51.8 Å². The molecule has 1 aliphatic heterocycles. The lowest BCUT2D eigenvalue weighted by Gasteiger charge is -2.11. The third-order valence-electron chi connectivity index (χ3n) is 3.55. The number of carbonyl (C=O) groups is 2. The number of carbonyl (C=O) groups excluding carboxylic acids is 2. The maximum absolute atomic E-state index is 12.6. The van der Waals surface area contributed by atoms with Crippen molar-refractivity contribution in [1.29, 1.82) is 0 Å². The summed E-state index contributed by atoms with van der Waals surface area (Å²) in [5.41, 5.74) is 0.638. The Morgan fingerprint density at radius 1 is 1.23 bits per heavy atom. The van der Waals surface area contributed by atoms with Gasteiger partial charge in [0.05, 0.1) is 27.1 Å². The van der Waals surface area contributed by atoms with E-state index in [1.807, 2.05) is 0 Å². The Labute approximate surface area is 160 Å². The molecule has 0 N–H and O–H groups in total. The number of amides is 2. The van der Waals surface area contributed by atoms with Crippen molar-refractivity contribution in [1.82, 2.24) is 0 Å². The second-order valence-electron chi connectivity index (χ2n) is 5.16. The standard InChI is InChI=1S/C17H11BrN2O5S/c1-25-15-12(18)7-10(8-13(15)20(23)24)9-14-16(21)19(17(22)26-14)11-5-3-2-4-6-11/h2-9H,1H3/b14-9-. The van der Waals surface area contributed by atoms with Gasteiger partial charge in [-0.1, -0.05) is 18.2 Å². The molecule has 0 unspecified atom stereocenters. The summed E-state index contributed by atoms with van der Waals surface area (Å²) in [6, 6.07) is 11.4. The van der Waals surface area contributed by atoms with Gasteiger partial charge in [0.1, 0.15) is 0 Å². The molecule has 1 saturated heterocycles. The van der Waals surface area contributed by atoms with Gasteiger partial charge in [0.15, 0.2) is 0 Å². The van der Waals surface area contributed by atoms with Crippen LogP contribution in [-0.2, 0) is 4.79 Å². The van der Waals surface area contributed by atoms with Gasteiger partial charge in [0, 0.05) is 6.07 Å². The second-order valence-corrected chi connectivity index (χ2v) is 7.01. The number of anilines is 1. The Hall–Kier alpha value is -2.65. The maximum atomic E-state index is 12.6. The molecule has 3 rings (SSSR count). The fourth-order valence-corrected chi connectivity index (χ4v) is 3.91. The number of rotatable bonds is 4. The van der Waals surface area contributed by atoms with Crippen molar-refractivity contribution in [2.75, 3.05) is 12.0 Å². The average molecular weight is 435 g/mol. The molecular weight excluding hydrogens is 424 g/mol. The Balaban J connectivity index is 2.00. The van der Waals surface area contributed by atoms with Crippen molar-refractivity contribution in [3.8, 4) is 5.75 Å². The number of thioether (sulfide) groups is 1. The van der Waals surface area contributed by atoms with E-state index in [2.05, 4.69) is 15.9 Å². The highest BCUT2D eigenvalue weighted by Gasteiger charge is 2.36. The quantitative estimate of drug-likeness (QED) is 0.396. The van der Waals surface area contributed by atoms with E-state index in [9.17, 15) is 19.7 Å². The van der Waals surface area contributed by atoms with Gasteiger partial charge in [0.25, 0.3) is 11.1 Å². The van der Waals surface area contributed by atoms with Crippen LogP contribution >= 0.6 is 27.7 Å². The molecule has 9 heteroatoms. The minimum Gasteiger partial charge on any atom is -0.489 e. The van der Waals surface area contributed by atoms with Crippen LogP contribution in [0.2, 0.25) is 0 Å². The number of ether oxygens (including phenoxy) is 1. The fourth-order valence-electron chi connectivity index (χ4n) is 2.44. The molecule has 0 radical (unpaired) electrons. The monoisotopic (exact) mass is 434 g/mol. The van der Waals surface area contributed by atoms with Crippen molar-refractivity contribution in [2.45, 2.75) is 0 Å². The van der Waals surface area contributed by atoms with Crippen LogP contribution in [0.3, 0.4) is 0 Å². The highest BCUT2D eigenvalue weighted by Crippen LogP contribution is 2.39. The predicted octanol–water partition coefficient (Wildman–Crippen LogP) is 4.61. The van der Waals surface area contributed by atoms with Crippen molar-refractivity contribution in [3.63, 3.8) is 0 Å². The van der Waals surface area contributed by atoms with Crippen molar-refractivity contribution >= 4 is 56.3 Å². The third-order valence-corrected chi connectivity index (χ3v) is 5.01. The number of hydrogen-bond donors (Lipinski definition) is 0. The Morgan fingerprint density at radius 2 is 1.92 bits per heavy atom. The van der Waals surface area contributed by atoms with Gasteiger partial charge >= 0.3 is 5.69 Å².